The number of halogens is 3. The lowest BCUT2D eigenvalue weighted by Crippen LogP contribution is -2.23. The number of rotatable bonds is 6. The highest BCUT2D eigenvalue weighted by Gasteiger charge is 2.11. The van der Waals surface area contributed by atoms with Gasteiger partial charge in [-0.15, -0.1) is 0 Å². The average molecular weight is 372 g/mol. The smallest absolute Gasteiger partial charge is 0.344 e. The zero-order chi connectivity index (χ0) is 17.5. The maximum absolute atomic E-state index is 12.9. The van der Waals surface area contributed by atoms with Gasteiger partial charge in [0.2, 0.25) is 0 Å². The molecule has 2 aromatic rings. The SMILES string of the molecule is O=C(COC(=O)COc1cccc(F)c1)Nc1cc(Cl)ccc1Cl. The quantitative estimate of drug-likeness (QED) is 0.786. The van der Waals surface area contributed by atoms with Crippen molar-refractivity contribution in [3.63, 3.8) is 0 Å². The molecule has 8 heteroatoms. The first-order valence-corrected chi connectivity index (χ1v) is 7.48. The second-order valence-electron chi connectivity index (χ2n) is 4.58. The molecule has 0 aliphatic rings. The van der Waals surface area contributed by atoms with Crippen LogP contribution in [0.2, 0.25) is 10.0 Å². The molecule has 126 valence electrons. The minimum absolute atomic E-state index is 0.183. The molecule has 0 aliphatic carbocycles. The van der Waals surface area contributed by atoms with Crippen molar-refractivity contribution in [3.05, 3.63) is 58.3 Å². The van der Waals surface area contributed by atoms with Crippen LogP contribution in [0.4, 0.5) is 10.1 Å². The van der Waals surface area contributed by atoms with Crippen molar-refractivity contribution in [2.45, 2.75) is 0 Å². The summed E-state index contributed by atoms with van der Waals surface area (Å²) in [5.74, 6) is -1.66. The van der Waals surface area contributed by atoms with Crippen LogP contribution in [-0.2, 0) is 14.3 Å². The molecule has 0 saturated heterocycles. The van der Waals surface area contributed by atoms with Crippen molar-refractivity contribution >= 4 is 40.8 Å². The van der Waals surface area contributed by atoms with Crippen molar-refractivity contribution in [2.24, 2.45) is 0 Å². The normalized spacial score (nSPS) is 10.1. The molecule has 0 bridgehead atoms. The molecule has 0 unspecified atom stereocenters. The Labute approximate surface area is 147 Å². The van der Waals surface area contributed by atoms with E-state index in [0.717, 1.165) is 6.07 Å². The zero-order valence-corrected chi connectivity index (χ0v) is 13.7. The largest absolute Gasteiger partial charge is 0.482 e. The van der Waals surface area contributed by atoms with Crippen molar-refractivity contribution < 1.29 is 23.5 Å². The molecule has 0 spiro atoms. The van der Waals surface area contributed by atoms with E-state index >= 15 is 0 Å². The summed E-state index contributed by atoms with van der Waals surface area (Å²) in [6.45, 7) is -0.969. The van der Waals surface area contributed by atoms with Crippen molar-refractivity contribution in [3.8, 4) is 5.75 Å². The molecule has 1 amide bonds. The molecule has 0 atom stereocenters. The fourth-order valence-corrected chi connectivity index (χ4v) is 2.00. The van der Waals surface area contributed by atoms with E-state index in [1.807, 2.05) is 0 Å². The number of carbonyl (C=O) groups is 2. The predicted octanol–water partition coefficient (Wildman–Crippen LogP) is 3.69. The predicted molar refractivity (Wildman–Crippen MR) is 87.9 cm³/mol. The third-order valence-electron chi connectivity index (χ3n) is 2.72. The summed E-state index contributed by atoms with van der Waals surface area (Å²) in [7, 11) is 0. The number of hydrogen-bond donors (Lipinski definition) is 1. The van der Waals surface area contributed by atoms with Gasteiger partial charge in [0, 0.05) is 11.1 Å². The topological polar surface area (TPSA) is 64.6 Å². The van der Waals surface area contributed by atoms with Crippen LogP contribution >= 0.6 is 23.2 Å². The molecule has 0 radical (unpaired) electrons. The first kappa shape index (κ1) is 18.0. The van der Waals surface area contributed by atoms with Crippen molar-refractivity contribution in [1.82, 2.24) is 0 Å². The minimum Gasteiger partial charge on any atom is -0.482 e. The van der Waals surface area contributed by atoms with Gasteiger partial charge in [-0.1, -0.05) is 29.3 Å². The molecule has 2 rings (SSSR count). The van der Waals surface area contributed by atoms with E-state index in [9.17, 15) is 14.0 Å². The highest BCUT2D eigenvalue weighted by Crippen LogP contribution is 2.25. The second kappa shape index (κ2) is 8.52. The highest BCUT2D eigenvalue weighted by molar-refractivity contribution is 6.35. The van der Waals surface area contributed by atoms with Gasteiger partial charge in [0.25, 0.3) is 5.91 Å². The summed E-state index contributed by atoms with van der Waals surface area (Å²) in [5.41, 5.74) is 0.307. The van der Waals surface area contributed by atoms with Crippen LogP contribution in [0.1, 0.15) is 0 Å². The zero-order valence-electron chi connectivity index (χ0n) is 12.2. The molecule has 2 aromatic carbocycles. The Kier molecular flexibility index (Phi) is 6.40. The summed E-state index contributed by atoms with van der Waals surface area (Å²) in [6.07, 6.45) is 0. The number of benzene rings is 2. The lowest BCUT2D eigenvalue weighted by molar-refractivity contribution is -0.149. The molecule has 0 aromatic heterocycles. The van der Waals surface area contributed by atoms with Crippen LogP contribution in [0.15, 0.2) is 42.5 Å². The molecule has 0 fully saturated rings. The fourth-order valence-electron chi connectivity index (χ4n) is 1.67. The molecule has 0 saturated carbocycles. The van der Waals surface area contributed by atoms with E-state index < -0.39 is 30.9 Å². The Bertz CT molecular complexity index is 755. The third kappa shape index (κ3) is 5.72. The van der Waals surface area contributed by atoms with Crippen LogP contribution in [0.5, 0.6) is 5.75 Å². The second-order valence-corrected chi connectivity index (χ2v) is 5.42. The lowest BCUT2D eigenvalue weighted by atomic mass is 10.3. The van der Waals surface area contributed by atoms with Crippen LogP contribution in [0, 0.1) is 5.82 Å². The van der Waals surface area contributed by atoms with Gasteiger partial charge in [-0.3, -0.25) is 4.79 Å². The van der Waals surface area contributed by atoms with Gasteiger partial charge in [0.05, 0.1) is 10.7 Å². The minimum atomic E-state index is -0.772. The van der Waals surface area contributed by atoms with Crippen LogP contribution in [0.25, 0.3) is 0 Å². The van der Waals surface area contributed by atoms with E-state index in [-0.39, 0.29) is 5.75 Å². The van der Waals surface area contributed by atoms with Gasteiger partial charge in [-0.05, 0) is 30.3 Å². The lowest BCUT2D eigenvalue weighted by Gasteiger charge is -2.09. The standard InChI is InChI=1S/C16H12Cl2FNO4/c17-10-4-5-13(18)14(6-10)20-15(21)8-24-16(22)9-23-12-3-1-2-11(19)7-12/h1-7H,8-9H2,(H,20,21). The Hall–Kier alpha value is -2.31. The maximum atomic E-state index is 12.9. The van der Waals surface area contributed by atoms with Gasteiger partial charge in [-0.25, -0.2) is 9.18 Å². The molecule has 5 nitrogen and oxygen atoms in total. The Balaban J connectivity index is 1.77. The average Bonchev–Trinajstić information content (AvgIpc) is 2.54. The Morgan fingerprint density at radius 3 is 2.62 bits per heavy atom. The highest BCUT2D eigenvalue weighted by atomic mass is 35.5. The summed E-state index contributed by atoms with van der Waals surface area (Å²) < 4.78 is 22.7. The van der Waals surface area contributed by atoms with Crippen LogP contribution < -0.4 is 10.1 Å². The van der Waals surface area contributed by atoms with Crippen LogP contribution in [-0.4, -0.2) is 25.1 Å². The van der Waals surface area contributed by atoms with E-state index in [4.69, 9.17) is 32.7 Å². The Morgan fingerprint density at radius 1 is 1.08 bits per heavy atom. The monoisotopic (exact) mass is 371 g/mol. The molecule has 0 heterocycles. The fraction of sp³-hybridized carbons (Fsp3) is 0.125. The van der Waals surface area contributed by atoms with E-state index in [1.165, 1.54) is 30.3 Å². The third-order valence-corrected chi connectivity index (χ3v) is 3.28. The number of ether oxygens (including phenoxy) is 2. The number of nitrogens with one attached hydrogen (secondary N) is 1. The van der Waals surface area contributed by atoms with Crippen LogP contribution in [0.3, 0.4) is 0 Å². The number of hydrogen-bond acceptors (Lipinski definition) is 4. The number of anilines is 1. The van der Waals surface area contributed by atoms with E-state index in [0.29, 0.717) is 15.7 Å². The molecular formula is C16H12Cl2FNO4. The first-order valence-electron chi connectivity index (χ1n) is 6.73. The molecule has 1 N–H and O–H groups in total. The molecule has 0 aliphatic heterocycles. The van der Waals surface area contributed by atoms with E-state index in [1.54, 1.807) is 6.07 Å². The number of esters is 1. The summed E-state index contributed by atoms with van der Waals surface area (Å²) in [4.78, 5) is 23.2. The van der Waals surface area contributed by atoms with Crippen molar-refractivity contribution in [2.75, 3.05) is 18.5 Å². The first-order chi connectivity index (χ1) is 11.4. The number of amides is 1. The number of carbonyl (C=O) groups excluding carboxylic acids is 2. The molecule has 24 heavy (non-hydrogen) atoms. The van der Waals surface area contributed by atoms with Gasteiger partial charge >= 0.3 is 5.97 Å². The van der Waals surface area contributed by atoms with Gasteiger partial charge in [0.1, 0.15) is 11.6 Å². The van der Waals surface area contributed by atoms with Gasteiger partial charge < -0.3 is 14.8 Å². The van der Waals surface area contributed by atoms with E-state index in [2.05, 4.69) is 5.32 Å². The molecular weight excluding hydrogens is 360 g/mol. The summed E-state index contributed by atoms with van der Waals surface area (Å²) in [5, 5.41) is 3.16. The summed E-state index contributed by atoms with van der Waals surface area (Å²) in [6, 6.07) is 9.87. The summed E-state index contributed by atoms with van der Waals surface area (Å²) >= 11 is 11.7. The maximum Gasteiger partial charge on any atom is 0.344 e. The van der Waals surface area contributed by atoms with Gasteiger partial charge in [0.15, 0.2) is 13.2 Å². The van der Waals surface area contributed by atoms with Crippen molar-refractivity contribution in [1.29, 1.82) is 0 Å². The Morgan fingerprint density at radius 2 is 1.88 bits per heavy atom. The van der Waals surface area contributed by atoms with Gasteiger partial charge in [-0.2, -0.15) is 0 Å².